The van der Waals surface area contributed by atoms with Crippen molar-refractivity contribution in [1.82, 2.24) is 10.3 Å². The van der Waals surface area contributed by atoms with Crippen LogP contribution in [0, 0.1) is 0 Å². The van der Waals surface area contributed by atoms with Crippen molar-refractivity contribution in [2.24, 2.45) is 0 Å². The average molecular weight is 287 g/mol. The average Bonchev–Trinajstić information content (AvgIpc) is 2.45. The summed E-state index contributed by atoms with van der Waals surface area (Å²) in [6.45, 7) is 6.80. The molecule has 0 aliphatic carbocycles. The number of pyridine rings is 1. The zero-order chi connectivity index (χ0) is 15.5. The number of ether oxygens (including phenoxy) is 1. The molecule has 0 fully saturated rings. The van der Waals surface area contributed by atoms with Gasteiger partial charge in [-0.1, -0.05) is 24.3 Å². The summed E-state index contributed by atoms with van der Waals surface area (Å²) in [5.41, 5.74) is 5.82. The molecule has 2 aromatic rings. The SMILES string of the molecule is CCOC(C)(C)CNC(=O)c1cc2ccccc2c(N)n1. The molecule has 0 spiro atoms. The molecule has 1 aromatic heterocycles. The van der Waals surface area contributed by atoms with Gasteiger partial charge in [0.2, 0.25) is 0 Å². The molecule has 0 aliphatic rings. The van der Waals surface area contributed by atoms with Crippen LogP contribution >= 0.6 is 0 Å². The molecule has 0 atom stereocenters. The third kappa shape index (κ3) is 3.70. The van der Waals surface area contributed by atoms with E-state index in [1.807, 2.05) is 45.0 Å². The Morgan fingerprint density at radius 1 is 1.38 bits per heavy atom. The minimum Gasteiger partial charge on any atom is -0.383 e. The van der Waals surface area contributed by atoms with E-state index in [1.165, 1.54) is 0 Å². The fourth-order valence-corrected chi connectivity index (χ4v) is 2.17. The zero-order valence-electron chi connectivity index (χ0n) is 12.6. The van der Waals surface area contributed by atoms with Crippen molar-refractivity contribution in [3.05, 3.63) is 36.0 Å². The number of anilines is 1. The number of carbonyl (C=O) groups excluding carboxylic acids is 1. The molecule has 1 aromatic carbocycles. The summed E-state index contributed by atoms with van der Waals surface area (Å²) in [6, 6.07) is 9.34. The minimum absolute atomic E-state index is 0.250. The molecule has 112 valence electrons. The Kier molecular flexibility index (Phi) is 4.43. The van der Waals surface area contributed by atoms with Crippen LogP contribution in [0.3, 0.4) is 0 Å². The molecule has 21 heavy (non-hydrogen) atoms. The van der Waals surface area contributed by atoms with Gasteiger partial charge in [-0.05, 0) is 32.2 Å². The lowest BCUT2D eigenvalue weighted by Crippen LogP contribution is -2.40. The molecule has 0 unspecified atom stereocenters. The number of nitrogens with two attached hydrogens (primary N) is 1. The fraction of sp³-hybridized carbons (Fsp3) is 0.375. The summed E-state index contributed by atoms with van der Waals surface area (Å²) in [5, 5.41) is 4.59. The molecule has 1 heterocycles. The van der Waals surface area contributed by atoms with Gasteiger partial charge < -0.3 is 15.8 Å². The predicted molar refractivity (Wildman–Crippen MR) is 84.2 cm³/mol. The highest BCUT2D eigenvalue weighted by Crippen LogP contribution is 2.20. The first kappa shape index (κ1) is 15.3. The Bertz CT molecular complexity index is 653. The molecule has 0 saturated heterocycles. The Morgan fingerprint density at radius 2 is 2.10 bits per heavy atom. The first-order valence-electron chi connectivity index (χ1n) is 7.00. The number of aromatic nitrogens is 1. The van der Waals surface area contributed by atoms with E-state index >= 15 is 0 Å². The van der Waals surface area contributed by atoms with Crippen LogP contribution in [0.5, 0.6) is 0 Å². The molecule has 0 saturated carbocycles. The number of nitrogens with zero attached hydrogens (tertiary/aromatic N) is 1. The van der Waals surface area contributed by atoms with Crippen molar-refractivity contribution in [3.63, 3.8) is 0 Å². The van der Waals surface area contributed by atoms with E-state index < -0.39 is 5.60 Å². The summed E-state index contributed by atoms with van der Waals surface area (Å²) in [5.74, 6) is 0.113. The Balaban J connectivity index is 2.16. The normalized spacial score (nSPS) is 11.6. The summed E-state index contributed by atoms with van der Waals surface area (Å²) in [4.78, 5) is 16.4. The van der Waals surface area contributed by atoms with Gasteiger partial charge in [0.05, 0.1) is 5.60 Å². The molecule has 5 heteroatoms. The van der Waals surface area contributed by atoms with Crippen LogP contribution in [0.25, 0.3) is 10.8 Å². The molecule has 5 nitrogen and oxygen atoms in total. The van der Waals surface area contributed by atoms with Crippen LogP contribution in [0.15, 0.2) is 30.3 Å². The van der Waals surface area contributed by atoms with E-state index in [4.69, 9.17) is 10.5 Å². The number of amides is 1. The van der Waals surface area contributed by atoms with Crippen molar-refractivity contribution in [2.75, 3.05) is 18.9 Å². The summed E-state index contributed by atoms with van der Waals surface area (Å²) < 4.78 is 5.55. The van der Waals surface area contributed by atoms with Crippen LogP contribution in [-0.2, 0) is 4.74 Å². The molecular formula is C16H21N3O2. The van der Waals surface area contributed by atoms with Gasteiger partial charge in [-0.2, -0.15) is 0 Å². The lowest BCUT2D eigenvalue weighted by molar-refractivity contribution is -0.00818. The Hall–Kier alpha value is -2.14. The standard InChI is InChI=1S/C16H21N3O2/c1-4-21-16(2,3)10-18-15(20)13-9-11-7-5-6-8-12(11)14(17)19-13/h5-9H,4,10H2,1-3H3,(H2,17,19)(H,18,20). The topological polar surface area (TPSA) is 77.2 Å². The van der Waals surface area contributed by atoms with Crippen molar-refractivity contribution in [1.29, 1.82) is 0 Å². The zero-order valence-corrected chi connectivity index (χ0v) is 12.6. The number of nitrogens with one attached hydrogen (secondary N) is 1. The van der Waals surface area contributed by atoms with Crippen LogP contribution in [0.1, 0.15) is 31.3 Å². The number of rotatable bonds is 5. The van der Waals surface area contributed by atoms with Gasteiger partial charge in [0.1, 0.15) is 11.5 Å². The molecular weight excluding hydrogens is 266 g/mol. The predicted octanol–water partition coefficient (Wildman–Crippen LogP) is 2.36. The van der Waals surface area contributed by atoms with Crippen LogP contribution in [0.4, 0.5) is 5.82 Å². The van der Waals surface area contributed by atoms with Gasteiger partial charge in [-0.25, -0.2) is 4.98 Å². The van der Waals surface area contributed by atoms with Crippen molar-refractivity contribution >= 4 is 22.5 Å². The van der Waals surface area contributed by atoms with Crippen molar-refractivity contribution < 1.29 is 9.53 Å². The highest BCUT2D eigenvalue weighted by molar-refractivity contribution is 5.99. The van der Waals surface area contributed by atoms with Gasteiger partial charge in [-0.15, -0.1) is 0 Å². The summed E-state index contributed by atoms with van der Waals surface area (Å²) in [7, 11) is 0. The lowest BCUT2D eigenvalue weighted by atomic mass is 10.1. The van der Waals surface area contributed by atoms with Gasteiger partial charge in [-0.3, -0.25) is 4.79 Å². The third-order valence-electron chi connectivity index (χ3n) is 3.21. The van der Waals surface area contributed by atoms with E-state index in [2.05, 4.69) is 10.3 Å². The van der Waals surface area contributed by atoms with Crippen LogP contribution < -0.4 is 11.1 Å². The summed E-state index contributed by atoms with van der Waals surface area (Å²) in [6.07, 6.45) is 0. The van der Waals surface area contributed by atoms with Gasteiger partial charge >= 0.3 is 0 Å². The van der Waals surface area contributed by atoms with Crippen molar-refractivity contribution in [3.8, 4) is 0 Å². The number of carbonyl (C=O) groups is 1. The van der Waals surface area contributed by atoms with Gasteiger partial charge in [0, 0.05) is 18.5 Å². The highest BCUT2D eigenvalue weighted by Gasteiger charge is 2.19. The second-order valence-corrected chi connectivity index (χ2v) is 5.49. The molecule has 0 bridgehead atoms. The summed E-state index contributed by atoms with van der Waals surface area (Å²) >= 11 is 0. The molecule has 2 rings (SSSR count). The van der Waals surface area contributed by atoms with E-state index in [0.717, 1.165) is 10.8 Å². The number of nitrogen functional groups attached to an aromatic ring is 1. The highest BCUT2D eigenvalue weighted by atomic mass is 16.5. The lowest BCUT2D eigenvalue weighted by Gasteiger charge is -2.24. The molecule has 0 radical (unpaired) electrons. The minimum atomic E-state index is -0.410. The quantitative estimate of drug-likeness (QED) is 0.885. The van der Waals surface area contributed by atoms with E-state index in [9.17, 15) is 4.79 Å². The first-order valence-corrected chi connectivity index (χ1v) is 7.00. The first-order chi connectivity index (χ1) is 9.93. The maximum absolute atomic E-state index is 12.2. The monoisotopic (exact) mass is 287 g/mol. The van der Waals surface area contributed by atoms with E-state index in [0.29, 0.717) is 24.7 Å². The van der Waals surface area contributed by atoms with Gasteiger partial charge in [0.25, 0.3) is 5.91 Å². The Labute approximate surface area is 124 Å². The van der Waals surface area contributed by atoms with E-state index in [-0.39, 0.29) is 5.91 Å². The number of benzene rings is 1. The second kappa shape index (κ2) is 6.10. The largest absolute Gasteiger partial charge is 0.383 e. The fourth-order valence-electron chi connectivity index (χ4n) is 2.17. The maximum atomic E-state index is 12.2. The molecule has 1 amide bonds. The second-order valence-electron chi connectivity index (χ2n) is 5.49. The molecule has 0 aliphatic heterocycles. The number of hydrogen-bond acceptors (Lipinski definition) is 4. The maximum Gasteiger partial charge on any atom is 0.270 e. The smallest absolute Gasteiger partial charge is 0.270 e. The van der Waals surface area contributed by atoms with Crippen LogP contribution in [0.2, 0.25) is 0 Å². The molecule has 3 N–H and O–H groups in total. The van der Waals surface area contributed by atoms with Gasteiger partial charge in [0.15, 0.2) is 0 Å². The Morgan fingerprint density at radius 3 is 2.81 bits per heavy atom. The van der Waals surface area contributed by atoms with E-state index in [1.54, 1.807) is 6.07 Å². The third-order valence-corrected chi connectivity index (χ3v) is 3.21. The van der Waals surface area contributed by atoms with Crippen molar-refractivity contribution in [2.45, 2.75) is 26.4 Å². The van der Waals surface area contributed by atoms with Crippen LogP contribution in [-0.4, -0.2) is 29.6 Å². The number of hydrogen-bond donors (Lipinski definition) is 2. The number of fused-ring (bicyclic) bond motifs is 1.